The third kappa shape index (κ3) is 4.63. The van der Waals surface area contributed by atoms with Crippen molar-refractivity contribution in [3.8, 4) is 5.88 Å². The summed E-state index contributed by atoms with van der Waals surface area (Å²) in [5.74, 6) is -0.619. The van der Waals surface area contributed by atoms with Crippen LogP contribution in [-0.2, 0) is 10.9 Å². The minimum Gasteiger partial charge on any atom is -0.469 e. The fraction of sp³-hybridized carbons (Fsp3) is 0.550. The van der Waals surface area contributed by atoms with Crippen LogP contribution in [-0.4, -0.2) is 54.5 Å². The molecule has 0 aromatic carbocycles. The van der Waals surface area contributed by atoms with Crippen LogP contribution in [0.2, 0.25) is 0 Å². The molecular weight excluding hydrogens is 481 g/mol. The third-order valence-corrected chi connectivity index (χ3v) is 6.04. The number of alkyl halides is 5. The van der Waals surface area contributed by atoms with Crippen molar-refractivity contribution >= 4 is 11.7 Å². The van der Waals surface area contributed by atoms with Gasteiger partial charge in [-0.3, -0.25) is 9.20 Å². The molecule has 4 heterocycles. The molecule has 2 atom stereocenters. The molecule has 0 bridgehead atoms. The van der Waals surface area contributed by atoms with Crippen molar-refractivity contribution in [1.82, 2.24) is 29.1 Å². The van der Waals surface area contributed by atoms with E-state index in [4.69, 9.17) is 9.47 Å². The number of rotatable bonds is 6. The molecule has 0 spiro atoms. The fourth-order valence-electron chi connectivity index (χ4n) is 4.28. The Morgan fingerprint density at radius 2 is 2.00 bits per heavy atom. The molecule has 1 saturated heterocycles. The maximum atomic E-state index is 13.4. The van der Waals surface area contributed by atoms with Gasteiger partial charge in [-0.25, -0.2) is 9.55 Å². The van der Waals surface area contributed by atoms with E-state index in [-0.39, 0.29) is 41.5 Å². The van der Waals surface area contributed by atoms with Gasteiger partial charge in [-0.2, -0.15) is 26.9 Å². The summed E-state index contributed by atoms with van der Waals surface area (Å²) in [6, 6.07) is 0.800. The van der Waals surface area contributed by atoms with E-state index in [2.05, 4.69) is 25.5 Å². The van der Waals surface area contributed by atoms with E-state index in [9.17, 15) is 26.7 Å². The van der Waals surface area contributed by atoms with Crippen LogP contribution < -0.4 is 15.6 Å². The highest BCUT2D eigenvalue weighted by molar-refractivity contribution is 5.36. The molecule has 0 unspecified atom stereocenters. The zero-order chi connectivity index (χ0) is 24.7. The van der Waals surface area contributed by atoms with Crippen molar-refractivity contribution in [3.05, 3.63) is 40.2 Å². The second-order valence-corrected chi connectivity index (χ2v) is 8.42. The van der Waals surface area contributed by atoms with Crippen LogP contribution in [0.15, 0.2) is 23.3 Å². The normalized spacial score (nSPS) is 21.3. The number of nitrogens with one attached hydrogen (secondary N) is 1. The first-order valence-electron chi connectivity index (χ1n) is 10.9. The third-order valence-electron chi connectivity index (χ3n) is 6.04. The van der Waals surface area contributed by atoms with E-state index in [0.29, 0.717) is 31.3 Å². The standard InChI is InChI=1S/C20H20F5N7O3/c21-17(22)32-14(33)4-5-31-15(29-30-19(31)32)10-2-1-3-11(6-10)27-18-26-7-13(20(23,24)25)16(28-18)35-12-8-34-9-12/h4-5,7,10-12,17H,1-3,6,8-9H2,(H,26,27,28)/t10-,11+/m0/s1. The van der Waals surface area contributed by atoms with E-state index in [1.165, 1.54) is 10.6 Å². The smallest absolute Gasteiger partial charge is 0.423 e. The number of fused-ring (bicyclic) bond motifs is 1. The quantitative estimate of drug-likeness (QED) is 0.514. The number of halogens is 5. The van der Waals surface area contributed by atoms with Gasteiger partial charge in [-0.1, -0.05) is 6.42 Å². The van der Waals surface area contributed by atoms with E-state index in [0.717, 1.165) is 12.5 Å². The number of hydrogen-bond acceptors (Lipinski definition) is 8. The molecule has 10 nitrogen and oxygen atoms in total. The van der Waals surface area contributed by atoms with E-state index in [1.54, 1.807) is 0 Å². The Morgan fingerprint density at radius 1 is 1.20 bits per heavy atom. The Morgan fingerprint density at radius 3 is 2.69 bits per heavy atom. The number of nitrogens with zero attached hydrogens (tertiary/aromatic N) is 6. The van der Waals surface area contributed by atoms with E-state index in [1.807, 2.05) is 0 Å². The van der Waals surface area contributed by atoms with Crippen LogP contribution in [0.5, 0.6) is 5.88 Å². The van der Waals surface area contributed by atoms with Crippen molar-refractivity contribution in [3.63, 3.8) is 0 Å². The summed E-state index contributed by atoms with van der Waals surface area (Å²) in [6.45, 7) is -2.70. The van der Waals surface area contributed by atoms with Crippen molar-refractivity contribution in [1.29, 1.82) is 0 Å². The average Bonchev–Trinajstić information content (AvgIpc) is 3.19. The lowest BCUT2D eigenvalue weighted by Gasteiger charge is -2.29. The Labute approximate surface area is 194 Å². The van der Waals surface area contributed by atoms with Crippen LogP contribution >= 0.6 is 0 Å². The average molecular weight is 501 g/mol. The van der Waals surface area contributed by atoms with Gasteiger partial charge in [0.2, 0.25) is 17.6 Å². The summed E-state index contributed by atoms with van der Waals surface area (Å²) in [4.78, 5) is 19.6. The second kappa shape index (κ2) is 9.02. The Bertz CT molecular complexity index is 1270. The first-order valence-corrected chi connectivity index (χ1v) is 10.9. The van der Waals surface area contributed by atoms with Gasteiger partial charge in [0.1, 0.15) is 17.5 Å². The van der Waals surface area contributed by atoms with Gasteiger partial charge < -0.3 is 14.8 Å². The molecule has 3 aromatic rings. The minimum atomic E-state index is -4.68. The SMILES string of the molecule is O=c1ccn2c([C@H]3CCC[C@@H](Nc4ncc(C(F)(F)F)c(OC5COC5)n4)C3)nnc2n1C(F)F. The fourth-order valence-corrected chi connectivity index (χ4v) is 4.28. The van der Waals surface area contributed by atoms with Crippen molar-refractivity contribution in [2.24, 2.45) is 0 Å². The molecule has 1 saturated carbocycles. The lowest BCUT2D eigenvalue weighted by molar-refractivity contribution is -0.142. The largest absolute Gasteiger partial charge is 0.469 e. The van der Waals surface area contributed by atoms with Gasteiger partial charge in [0.25, 0.3) is 5.56 Å². The first-order chi connectivity index (χ1) is 16.7. The monoisotopic (exact) mass is 501 g/mol. The van der Waals surface area contributed by atoms with Crippen LogP contribution in [0.4, 0.5) is 27.9 Å². The first kappa shape index (κ1) is 23.4. The van der Waals surface area contributed by atoms with Crippen LogP contribution in [0, 0.1) is 0 Å². The van der Waals surface area contributed by atoms with Gasteiger partial charge in [-0.05, 0) is 19.3 Å². The predicted octanol–water partition coefficient (Wildman–Crippen LogP) is 3.01. The summed E-state index contributed by atoms with van der Waals surface area (Å²) in [5.41, 5.74) is -1.96. The molecule has 1 aliphatic heterocycles. The molecule has 5 rings (SSSR count). The van der Waals surface area contributed by atoms with Gasteiger partial charge in [0.05, 0.1) is 13.2 Å². The van der Waals surface area contributed by atoms with E-state index >= 15 is 0 Å². The molecule has 188 valence electrons. The summed E-state index contributed by atoms with van der Waals surface area (Å²) in [6.07, 6.45) is -0.564. The molecule has 15 heteroatoms. The molecule has 1 N–H and O–H groups in total. The zero-order valence-electron chi connectivity index (χ0n) is 18.1. The van der Waals surface area contributed by atoms with E-state index < -0.39 is 35.8 Å². The summed E-state index contributed by atoms with van der Waals surface area (Å²) in [5, 5.41) is 10.9. The topological polar surface area (TPSA) is 108 Å². The second-order valence-electron chi connectivity index (χ2n) is 8.42. The van der Waals surface area contributed by atoms with Crippen LogP contribution in [0.3, 0.4) is 0 Å². The van der Waals surface area contributed by atoms with Gasteiger partial charge >= 0.3 is 12.7 Å². The lowest BCUT2D eigenvalue weighted by atomic mass is 9.85. The highest BCUT2D eigenvalue weighted by Gasteiger charge is 2.38. The number of hydrogen-bond donors (Lipinski definition) is 1. The van der Waals surface area contributed by atoms with Crippen molar-refractivity contribution < 1.29 is 31.4 Å². The summed E-state index contributed by atoms with van der Waals surface area (Å²) in [7, 11) is 0. The molecule has 0 radical (unpaired) electrons. The highest BCUT2D eigenvalue weighted by Crippen LogP contribution is 2.37. The minimum absolute atomic E-state index is 0.0171. The molecule has 3 aromatic heterocycles. The van der Waals surface area contributed by atoms with Gasteiger partial charge in [0, 0.05) is 30.4 Å². The number of ether oxygens (including phenoxy) is 2. The summed E-state index contributed by atoms with van der Waals surface area (Å²) < 4.78 is 78.7. The van der Waals surface area contributed by atoms with Crippen molar-refractivity contribution in [2.45, 2.75) is 56.5 Å². The van der Waals surface area contributed by atoms with Gasteiger partial charge in [-0.15, -0.1) is 10.2 Å². The van der Waals surface area contributed by atoms with Crippen LogP contribution in [0.25, 0.3) is 5.78 Å². The molecule has 2 fully saturated rings. The predicted molar refractivity (Wildman–Crippen MR) is 109 cm³/mol. The molecule has 35 heavy (non-hydrogen) atoms. The summed E-state index contributed by atoms with van der Waals surface area (Å²) >= 11 is 0. The highest BCUT2D eigenvalue weighted by atomic mass is 19.4. The lowest BCUT2D eigenvalue weighted by Crippen LogP contribution is -2.39. The zero-order valence-corrected chi connectivity index (χ0v) is 18.1. The van der Waals surface area contributed by atoms with Gasteiger partial charge in [0.15, 0.2) is 0 Å². The number of anilines is 1. The number of aromatic nitrogens is 6. The maximum Gasteiger partial charge on any atom is 0.423 e. The maximum absolute atomic E-state index is 13.4. The Kier molecular flexibility index (Phi) is 6.02. The molecule has 0 amide bonds. The molecular formula is C20H20F5N7O3. The molecule has 2 aliphatic rings. The molecule has 1 aliphatic carbocycles. The Hall–Kier alpha value is -3.36. The van der Waals surface area contributed by atoms with Crippen LogP contribution in [0.1, 0.15) is 49.5 Å². The Balaban J connectivity index is 1.36. The van der Waals surface area contributed by atoms with Crippen molar-refractivity contribution in [2.75, 3.05) is 18.5 Å².